The number of nitrogens with one attached hydrogen (secondary N) is 2. The largest absolute Gasteiger partial charge is 0.382 e. The minimum absolute atomic E-state index is 0. The van der Waals surface area contributed by atoms with Gasteiger partial charge in [-0.15, -0.1) is 12.4 Å². The van der Waals surface area contributed by atoms with Gasteiger partial charge in [-0.1, -0.05) is 6.07 Å². The first-order chi connectivity index (χ1) is 12.6. The van der Waals surface area contributed by atoms with Gasteiger partial charge in [0.05, 0.1) is 18.7 Å². The number of hydrogen-bond donors (Lipinski definition) is 2. The van der Waals surface area contributed by atoms with Crippen LogP contribution in [0.3, 0.4) is 0 Å². The van der Waals surface area contributed by atoms with E-state index in [1.54, 1.807) is 16.9 Å². The second kappa shape index (κ2) is 9.77. The van der Waals surface area contributed by atoms with Gasteiger partial charge < -0.3 is 15.4 Å². The Hall–Kier alpha value is -2.03. The Kier molecular flexibility index (Phi) is 7.70. The molecule has 9 heteroatoms. The van der Waals surface area contributed by atoms with Crippen molar-refractivity contribution in [3.8, 4) is 0 Å². The highest BCUT2D eigenvalue weighted by Gasteiger charge is 2.21. The summed E-state index contributed by atoms with van der Waals surface area (Å²) in [6, 6.07) is 4.79. The summed E-state index contributed by atoms with van der Waals surface area (Å²) < 4.78 is 33.5. The van der Waals surface area contributed by atoms with Crippen LogP contribution in [0.1, 0.15) is 41.0 Å². The predicted molar refractivity (Wildman–Crippen MR) is 99.1 cm³/mol. The van der Waals surface area contributed by atoms with E-state index in [4.69, 9.17) is 4.74 Å². The van der Waals surface area contributed by atoms with Crippen LogP contribution in [0.4, 0.5) is 8.78 Å². The molecule has 1 saturated heterocycles. The first-order valence-electron chi connectivity index (χ1n) is 8.59. The fourth-order valence-corrected chi connectivity index (χ4v) is 3.07. The number of rotatable bonds is 6. The van der Waals surface area contributed by atoms with Gasteiger partial charge in [0, 0.05) is 19.9 Å². The molecule has 2 heterocycles. The van der Waals surface area contributed by atoms with E-state index in [-0.39, 0.29) is 36.7 Å². The molecule has 0 saturated carbocycles. The molecule has 6 nitrogen and oxygen atoms in total. The first-order valence-corrected chi connectivity index (χ1v) is 8.59. The Morgan fingerprint density at radius 3 is 2.89 bits per heavy atom. The molecule has 2 N–H and O–H groups in total. The summed E-state index contributed by atoms with van der Waals surface area (Å²) in [4.78, 5) is 12.5. The van der Waals surface area contributed by atoms with Crippen LogP contribution in [-0.4, -0.2) is 42.5 Å². The zero-order chi connectivity index (χ0) is 18.5. The zero-order valence-electron chi connectivity index (χ0n) is 15.0. The molecule has 1 aliphatic heterocycles. The molecule has 148 valence electrons. The van der Waals surface area contributed by atoms with Crippen LogP contribution in [0.15, 0.2) is 30.5 Å². The number of nitrogens with zero attached hydrogens (tertiary/aromatic N) is 2. The van der Waals surface area contributed by atoms with Gasteiger partial charge in [-0.2, -0.15) is 5.10 Å². The van der Waals surface area contributed by atoms with Crippen LogP contribution < -0.4 is 10.6 Å². The van der Waals surface area contributed by atoms with Gasteiger partial charge in [0.1, 0.15) is 5.69 Å². The summed E-state index contributed by atoms with van der Waals surface area (Å²) in [7, 11) is 1.48. The summed E-state index contributed by atoms with van der Waals surface area (Å²) in [6.45, 7) is 1.95. The Balaban J connectivity index is 0.00000261. The summed E-state index contributed by atoms with van der Waals surface area (Å²) in [5, 5.41) is 10.4. The normalized spacial score (nSPS) is 17.8. The Morgan fingerprint density at radius 1 is 1.41 bits per heavy atom. The number of benzene rings is 1. The lowest BCUT2D eigenvalue weighted by Gasteiger charge is -2.23. The maximum absolute atomic E-state index is 13.5. The van der Waals surface area contributed by atoms with E-state index in [0.29, 0.717) is 5.56 Å². The minimum atomic E-state index is -0.966. The molecular formula is C18H23ClF2N4O2. The van der Waals surface area contributed by atoms with E-state index in [0.717, 1.165) is 38.1 Å². The van der Waals surface area contributed by atoms with Crippen LogP contribution in [-0.2, 0) is 4.74 Å². The minimum Gasteiger partial charge on any atom is -0.382 e. The molecule has 0 spiro atoms. The van der Waals surface area contributed by atoms with Crippen molar-refractivity contribution in [3.63, 3.8) is 0 Å². The van der Waals surface area contributed by atoms with Crippen LogP contribution in [0.2, 0.25) is 0 Å². The van der Waals surface area contributed by atoms with E-state index in [1.165, 1.54) is 13.2 Å². The third-order valence-corrected chi connectivity index (χ3v) is 4.47. The molecule has 0 radical (unpaired) electrons. The molecule has 1 amide bonds. The first kappa shape index (κ1) is 21.3. The summed E-state index contributed by atoms with van der Waals surface area (Å²) in [5.41, 5.74) is 0.703. The van der Waals surface area contributed by atoms with Crippen molar-refractivity contribution in [2.24, 2.45) is 0 Å². The average Bonchev–Trinajstić information content (AvgIpc) is 3.15. The quantitative estimate of drug-likeness (QED) is 0.782. The van der Waals surface area contributed by atoms with Crippen molar-refractivity contribution in [1.29, 1.82) is 0 Å². The molecule has 3 rings (SSSR count). The third kappa shape index (κ3) is 5.24. The number of carbonyl (C=O) groups excluding carboxylic acids is 1. The Bertz CT molecular complexity index is 766. The molecule has 0 bridgehead atoms. The van der Waals surface area contributed by atoms with Crippen molar-refractivity contribution in [1.82, 2.24) is 20.4 Å². The number of amides is 1. The monoisotopic (exact) mass is 400 g/mol. The number of piperidine rings is 1. The van der Waals surface area contributed by atoms with Crippen molar-refractivity contribution < 1.29 is 18.3 Å². The molecule has 2 aromatic rings. The highest BCUT2D eigenvalue weighted by Crippen LogP contribution is 2.19. The Morgan fingerprint density at radius 2 is 2.22 bits per heavy atom. The van der Waals surface area contributed by atoms with Crippen LogP contribution in [0, 0.1) is 11.6 Å². The second-order valence-corrected chi connectivity index (χ2v) is 6.34. The van der Waals surface area contributed by atoms with Crippen LogP contribution in [0.25, 0.3) is 0 Å². The number of carbonyl (C=O) groups is 1. The number of aromatic nitrogens is 2. The Labute approximate surface area is 162 Å². The van der Waals surface area contributed by atoms with Crippen LogP contribution >= 0.6 is 12.4 Å². The fourth-order valence-electron chi connectivity index (χ4n) is 3.07. The standard InChI is InChI=1S/C18H22F2N4O2.ClH/c1-26-11-17(12-4-5-14(19)15(20)9-12)22-18(25)16-6-8-24(23-16)13-3-2-7-21-10-13;/h4-6,8-9,13,17,21H,2-3,7,10-11H2,1H3,(H,22,25);1H. The molecule has 1 fully saturated rings. The van der Waals surface area contributed by atoms with Crippen molar-refractivity contribution >= 4 is 18.3 Å². The molecule has 1 aromatic carbocycles. The highest BCUT2D eigenvalue weighted by molar-refractivity contribution is 5.92. The van der Waals surface area contributed by atoms with Gasteiger partial charge in [-0.05, 0) is 43.1 Å². The van der Waals surface area contributed by atoms with E-state index in [9.17, 15) is 13.6 Å². The molecular weight excluding hydrogens is 378 g/mol. The number of hydrogen-bond acceptors (Lipinski definition) is 4. The highest BCUT2D eigenvalue weighted by atomic mass is 35.5. The molecule has 2 atom stereocenters. The molecule has 27 heavy (non-hydrogen) atoms. The van der Waals surface area contributed by atoms with Gasteiger partial charge in [-0.25, -0.2) is 8.78 Å². The lowest BCUT2D eigenvalue weighted by Crippen LogP contribution is -2.33. The smallest absolute Gasteiger partial charge is 0.272 e. The number of methoxy groups -OCH3 is 1. The van der Waals surface area contributed by atoms with Gasteiger partial charge in [0.15, 0.2) is 11.6 Å². The topological polar surface area (TPSA) is 68.2 Å². The van der Waals surface area contributed by atoms with Crippen LogP contribution in [0.5, 0.6) is 0 Å². The molecule has 1 aromatic heterocycles. The van der Waals surface area contributed by atoms with Gasteiger partial charge in [0.25, 0.3) is 5.91 Å². The maximum atomic E-state index is 13.5. The van der Waals surface area contributed by atoms with Gasteiger partial charge in [-0.3, -0.25) is 9.48 Å². The maximum Gasteiger partial charge on any atom is 0.272 e. The van der Waals surface area contributed by atoms with Crippen molar-refractivity contribution in [3.05, 3.63) is 53.4 Å². The fraction of sp³-hybridized carbons (Fsp3) is 0.444. The van der Waals surface area contributed by atoms with E-state index in [2.05, 4.69) is 15.7 Å². The lowest BCUT2D eigenvalue weighted by molar-refractivity contribution is 0.0890. The van der Waals surface area contributed by atoms with Gasteiger partial charge >= 0.3 is 0 Å². The number of halogens is 3. The molecule has 0 aliphatic carbocycles. The summed E-state index contributed by atoms with van der Waals surface area (Å²) in [6.07, 6.45) is 3.87. The van der Waals surface area contributed by atoms with Crippen molar-refractivity contribution in [2.45, 2.75) is 24.9 Å². The van der Waals surface area contributed by atoms with Gasteiger partial charge in [0.2, 0.25) is 0 Å². The zero-order valence-corrected chi connectivity index (χ0v) is 15.8. The summed E-state index contributed by atoms with van der Waals surface area (Å²) in [5.74, 6) is -2.29. The summed E-state index contributed by atoms with van der Waals surface area (Å²) >= 11 is 0. The predicted octanol–water partition coefficient (Wildman–Crippen LogP) is 2.63. The van der Waals surface area contributed by atoms with E-state index in [1.807, 2.05) is 0 Å². The average molecular weight is 401 g/mol. The van der Waals surface area contributed by atoms with E-state index >= 15 is 0 Å². The van der Waals surface area contributed by atoms with Crippen molar-refractivity contribution in [2.75, 3.05) is 26.8 Å². The molecule has 2 unspecified atom stereocenters. The SMILES string of the molecule is COCC(NC(=O)c1ccn(C2CCCNC2)n1)c1ccc(F)c(F)c1.Cl. The van der Waals surface area contributed by atoms with E-state index < -0.39 is 17.7 Å². The second-order valence-electron chi connectivity index (χ2n) is 6.34. The third-order valence-electron chi connectivity index (χ3n) is 4.47. The molecule has 1 aliphatic rings. The lowest BCUT2D eigenvalue weighted by atomic mass is 10.1. The number of ether oxygens (including phenoxy) is 1.